The van der Waals surface area contributed by atoms with Gasteiger partial charge >= 0.3 is 0 Å². The standard InChI is InChI=1S/C21H36.2C7H8/c1-4-6-8-10-12-14-20-17-16-19(3)21(18-20)15-13-11-9-7-5-2;2*1-7-5-3-2-4-6-7/h16-18H,4-15H2,1-3H3;2*2-6H,1H3. The summed E-state index contributed by atoms with van der Waals surface area (Å²) in [4.78, 5) is 0. The molecular formula is C35H52. The summed E-state index contributed by atoms with van der Waals surface area (Å²) >= 11 is 0. The molecule has 0 aromatic heterocycles. The summed E-state index contributed by atoms with van der Waals surface area (Å²) in [5.74, 6) is 0. The molecule has 0 bridgehead atoms. The SMILES string of the molecule is CCCCCCCc1ccc(C)c(CCCCCCC)c1.Cc1ccccc1.Cc1ccccc1. The van der Waals surface area contributed by atoms with Gasteiger partial charge in [-0.1, -0.05) is 155 Å². The molecule has 0 heterocycles. The molecule has 0 saturated heterocycles. The predicted molar refractivity (Wildman–Crippen MR) is 158 cm³/mol. The summed E-state index contributed by atoms with van der Waals surface area (Å²) in [6.07, 6.45) is 16.4. The van der Waals surface area contributed by atoms with Crippen molar-refractivity contribution in [1.29, 1.82) is 0 Å². The fourth-order valence-electron chi connectivity index (χ4n) is 4.07. The first-order valence-corrected chi connectivity index (χ1v) is 14.2. The van der Waals surface area contributed by atoms with Crippen molar-refractivity contribution in [2.75, 3.05) is 0 Å². The Morgan fingerprint density at radius 1 is 0.457 bits per heavy atom. The van der Waals surface area contributed by atoms with Crippen molar-refractivity contribution in [2.45, 2.75) is 112 Å². The van der Waals surface area contributed by atoms with Crippen LogP contribution in [0.1, 0.15) is 106 Å². The van der Waals surface area contributed by atoms with E-state index in [9.17, 15) is 0 Å². The fourth-order valence-corrected chi connectivity index (χ4v) is 4.07. The van der Waals surface area contributed by atoms with Crippen molar-refractivity contribution < 1.29 is 0 Å². The lowest BCUT2D eigenvalue weighted by Gasteiger charge is -2.09. The number of benzene rings is 3. The first kappa shape index (κ1) is 30.7. The van der Waals surface area contributed by atoms with Crippen LogP contribution in [-0.2, 0) is 12.8 Å². The molecule has 0 unspecified atom stereocenters. The van der Waals surface area contributed by atoms with Gasteiger partial charge in [0.2, 0.25) is 0 Å². The summed E-state index contributed by atoms with van der Waals surface area (Å²) in [5, 5.41) is 0. The van der Waals surface area contributed by atoms with Gasteiger partial charge in [-0.05, 0) is 63.1 Å². The van der Waals surface area contributed by atoms with E-state index in [4.69, 9.17) is 0 Å². The van der Waals surface area contributed by atoms with Gasteiger partial charge in [-0.3, -0.25) is 0 Å². The Labute approximate surface area is 218 Å². The maximum atomic E-state index is 2.48. The first-order valence-electron chi connectivity index (χ1n) is 14.2. The van der Waals surface area contributed by atoms with Crippen molar-refractivity contribution >= 4 is 0 Å². The summed E-state index contributed by atoms with van der Waals surface area (Å²) in [7, 11) is 0. The Morgan fingerprint density at radius 2 is 0.914 bits per heavy atom. The summed E-state index contributed by atoms with van der Waals surface area (Å²) < 4.78 is 0. The molecule has 0 aliphatic heterocycles. The quantitative estimate of drug-likeness (QED) is 0.230. The van der Waals surface area contributed by atoms with Crippen LogP contribution in [0.2, 0.25) is 0 Å². The minimum Gasteiger partial charge on any atom is -0.0654 e. The zero-order chi connectivity index (χ0) is 25.6. The molecule has 0 aliphatic rings. The minimum atomic E-state index is 1.27. The van der Waals surface area contributed by atoms with Crippen LogP contribution in [0.25, 0.3) is 0 Å². The third-order valence-corrected chi connectivity index (χ3v) is 6.41. The summed E-state index contributed by atoms with van der Waals surface area (Å²) in [6, 6.07) is 27.7. The Kier molecular flexibility index (Phi) is 18.4. The van der Waals surface area contributed by atoms with Gasteiger partial charge in [0.25, 0.3) is 0 Å². The largest absolute Gasteiger partial charge is 0.0654 e. The van der Waals surface area contributed by atoms with Gasteiger partial charge in [-0.25, -0.2) is 0 Å². The van der Waals surface area contributed by atoms with Gasteiger partial charge in [0.15, 0.2) is 0 Å². The fraction of sp³-hybridized carbons (Fsp3) is 0.486. The van der Waals surface area contributed by atoms with Crippen LogP contribution in [0, 0.1) is 20.8 Å². The molecular weight excluding hydrogens is 420 g/mol. The Balaban J connectivity index is 0.000000350. The first-order chi connectivity index (χ1) is 17.1. The Morgan fingerprint density at radius 3 is 1.34 bits per heavy atom. The average molecular weight is 473 g/mol. The molecule has 0 nitrogen and oxygen atoms in total. The minimum absolute atomic E-state index is 1.27. The van der Waals surface area contributed by atoms with Crippen LogP contribution in [0.4, 0.5) is 0 Å². The predicted octanol–water partition coefficient (Wildman–Crippen LogP) is 11.0. The normalized spacial score (nSPS) is 10.1. The van der Waals surface area contributed by atoms with Gasteiger partial charge in [-0.2, -0.15) is 0 Å². The molecule has 0 heteroatoms. The molecule has 3 aromatic rings. The smallest absolute Gasteiger partial charge is 0.0276 e. The average Bonchev–Trinajstić information content (AvgIpc) is 2.87. The van der Waals surface area contributed by atoms with E-state index < -0.39 is 0 Å². The molecule has 0 N–H and O–H groups in total. The van der Waals surface area contributed by atoms with E-state index in [1.54, 1.807) is 11.1 Å². The lowest BCUT2D eigenvalue weighted by molar-refractivity contribution is 0.627. The van der Waals surface area contributed by atoms with Crippen LogP contribution in [-0.4, -0.2) is 0 Å². The number of hydrogen-bond donors (Lipinski definition) is 0. The third kappa shape index (κ3) is 16.8. The highest BCUT2D eigenvalue weighted by molar-refractivity contribution is 5.31. The zero-order valence-electron chi connectivity index (χ0n) is 23.5. The van der Waals surface area contributed by atoms with Crippen molar-refractivity contribution in [3.63, 3.8) is 0 Å². The second-order valence-corrected chi connectivity index (χ2v) is 9.90. The molecule has 35 heavy (non-hydrogen) atoms. The van der Waals surface area contributed by atoms with Crippen molar-refractivity contribution in [3.05, 3.63) is 107 Å². The Hall–Kier alpha value is -2.34. The zero-order valence-corrected chi connectivity index (χ0v) is 23.5. The molecule has 192 valence electrons. The molecule has 0 atom stereocenters. The highest BCUT2D eigenvalue weighted by Gasteiger charge is 2.01. The summed E-state index contributed by atoms with van der Waals surface area (Å²) in [5.41, 5.74) is 7.28. The van der Waals surface area contributed by atoms with Gasteiger partial charge in [0.05, 0.1) is 0 Å². The molecule has 0 aliphatic carbocycles. The van der Waals surface area contributed by atoms with Gasteiger partial charge in [0, 0.05) is 0 Å². The second-order valence-electron chi connectivity index (χ2n) is 9.90. The van der Waals surface area contributed by atoms with E-state index in [1.165, 1.54) is 93.7 Å². The number of unbranched alkanes of at least 4 members (excludes halogenated alkanes) is 8. The molecule has 3 rings (SSSR count). The topological polar surface area (TPSA) is 0 Å². The van der Waals surface area contributed by atoms with E-state index in [1.807, 2.05) is 36.4 Å². The third-order valence-electron chi connectivity index (χ3n) is 6.41. The molecule has 0 radical (unpaired) electrons. The maximum absolute atomic E-state index is 2.48. The Bertz CT molecular complexity index is 810. The summed E-state index contributed by atoms with van der Waals surface area (Å²) in [6.45, 7) is 11.0. The molecule has 0 amide bonds. The molecule has 0 spiro atoms. The highest BCUT2D eigenvalue weighted by atomic mass is 14.1. The number of rotatable bonds is 12. The van der Waals surface area contributed by atoms with E-state index in [2.05, 4.69) is 77.1 Å². The van der Waals surface area contributed by atoms with Gasteiger partial charge in [0.1, 0.15) is 0 Å². The van der Waals surface area contributed by atoms with Crippen molar-refractivity contribution in [1.82, 2.24) is 0 Å². The van der Waals surface area contributed by atoms with Crippen LogP contribution in [0.5, 0.6) is 0 Å². The van der Waals surface area contributed by atoms with E-state index in [0.29, 0.717) is 0 Å². The molecule has 0 fully saturated rings. The van der Waals surface area contributed by atoms with E-state index in [-0.39, 0.29) is 0 Å². The number of hydrogen-bond acceptors (Lipinski definition) is 0. The maximum Gasteiger partial charge on any atom is -0.0276 e. The van der Waals surface area contributed by atoms with E-state index in [0.717, 1.165) is 0 Å². The van der Waals surface area contributed by atoms with Crippen molar-refractivity contribution in [3.8, 4) is 0 Å². The molecule has 0 saturated carbocycles. The highest BCUT2D eigenvalue weighted by Crippen LogP contribution is 2.17. The van der Waals surface area contributed by atoms with Crippen LogP contribution in [0.3, 0.4) is 0 Å². The lowest BCUT2D eigenvalue weighted by atomic mass is 9.97. The van der Waals surface area contributed by atoms with Gasteiger partial charge in [-0.15, -0.1) is 0 Å². The van der Waals surface area contributed by atoms with Crippen LogP contribution in [0.15, 0.2) is 78.9 Å². The molecule has 3 aromatic carbocycles. The van der Waals surface area contributed by atoms with Crippen molar-refractivity contribution in [2.24, 2.45) is 0 Å². The van der Waals surface area contributed by atoms with Gasteiger partial charge < -0.3 is 0 Å². The lowest BCUT2D eigenvalue weighted by Crippen LogP contribution is -1.94. The monoisotopic (exact) mass is 472 g/mol. The second kappa shape index (κ2) is 21.0. The van der Waals surface area contributed by atoms with Crippen LogP contribution < -0.4 is 0 Å². The van der Waals surface area contributed by atoms with E-state index >= 15 is 0 Å². The van der Waals surface area contributed by atoms with Crippen LogP contribution >= 0.6 is 0 Å². The number of aryl methyl sites for hydroxylation is 5.